The molecule has 4 heteroatoms. The molecule has 0 saturated heterocycles. The molecular formula is C25H20O4. The molecule has 4 aromatic rings. The van der Waals surface area contributed by atoms with Crippen molar-refractivity contribution in [3.8, 4) is 17.2 Å². The van der Waals surface area contributed by atoms with Crippen molar-refractivity contribution in [2.75, 3.05) is 13.2 Å². The Morgan fingerprint density at radius 1 is 0.621 bits per heavy atom. The van der Waals surface area contributed by atoms with Crippen LogP contribution >= 0.6 is 0 Å². The summed E-state index contributed by atoms with van der Waals surface area (Å²) >= 11 is 0. The lowest BCUT2D eigenvalue weighted by atomic mass is 10.1. The average Bonchev–Trinajstić information content (AvgIpc) is 2.77. The van der Waals surface area contributed by atoms with E-state index >= 15 is 0 Å². The second-order valence-electron chi connectivity index (χ2n) is 6.40. The summed E-state index contributed by atoms with van der Waals surface area (Å²) in [5.74, 6) is 1.28. The van der Waals surface area contributed by atoms with E-state index in [1.165, 1.54) is 0 Å². The molecule has 29 heavy (non-hydrogen) atoms. The van der Waals surface area contributed by atoms with Gasteiger partial charge in [-0.1, -0.05) is 60.7 Å². The van der Waals surface area contributed by atoms with Gasteiger partial charge in [-0.3, -0.25) is 0 Å². The van der Waals surface area contributed by atoms with Gasteiger partial charge in [0.2, 0.25) is 0 Å². The van der Waals surface area contributed by atoms with Gasteiger partial charge in [-0.2, -0.15) is 0 Å². The lowest BCUT2D eigenvalue weighted by molar-refractivity contribution is 0.0729. The van der Waals surface area contributed by atoms with E-state index in [0.717, 1.165) is 16.5 Å². The summed E-state index contributed by atoms with van der Waals surface area (Å²) in [5.41, 5.74) is 0.375. The summed E-state index contributed by atoms with van der Waals surface area (Å²) in [6.45, 7) is 0.688. The predicted octanol–water partition coefficient (Wildman–Crippen LogP) is 5.52. The summed E-state index contributed by atoms with van der Waals surface area (Å²) in [5, 5.41) is 2.11. The van der Waals surface area contributed by atoms with Gasteiger partial charge in [0.05, 0.1) is 0 Å². The van der Waals surface area contributed by atoms with Crippen LogP contribution in [0, 0.1) is 0 Å². The van der Waals surface area contributed by atoms with Gasteiger partial charge in [-0.05, 0) is 47.2 Å². The van der Waals surface area contributed by atoms with Crippen molar-refractivity contribution in [2.24, 2.45) is 0 Å². The summed E-state index contributed by atoms with van der Waals surface area (Å²) < 4.78 is 17.0. The molecule has 0 unspecified atom stereocenters. The number of hydrogen-bond acceptors (Lipinski definition) is 4. The molecular weight excluding hydrogens is 364 g/mol. The van der Waals surface area contributed by atoms with Crippen molar-refractivity contribution in [2.45, 2.75) is 0 Å². The van der Waals surface area contributed by atoms with Crippen LogP contribution in [-0.2, 0) is 0 Å². The van der Waals surface area contributed by atoms with E-state index in [1.54, 1.807) is 24.3 Å². The van der Waals surface area contributed by atoms with Gasteiger partial charge in [-0.15, -0.1) is 0 Å². The molecule has 0 amide bonds. The molecule has 0 spiro atoms. The Labute approximate surface area is 169 Å². The Kier molecular flexibility index (Phi) is 5.72. The highest BCUT2D eigenvalue weighted by Crippen LogP contribution is 2.24. The quantitative estimate of drug-likeness (QED) is 0.239. The SMILES string of the molecule is O=C(Oc1ccc2ccccc2c1)c1ccccc1OCCOc1ccccc1. The van der Waals surface area contributed by atoms with Crippen LogP contribution in [0.15, 0.2) is 97.1 Å². The van der Waals surface area contributed by atoms with Crippen molar-refractivity contribution < 1.29 is 19.0 Å². The Morgan fingerprint density at radius 3 is 2.17 bits per heavy atom. The monoisotopic (exact) mass is 384 g/mol. The summed E-state index contributed by atoms with van der Waals surface area (Å²) in [6.07, 6.45) is 0. The lowest BCUT2D eigenvalue weighted by Gasteiger charge is -2.12. The molecule has 4 nitrogen and oxygen atoms in total. The number of benzene rings is 4. The van der Waals surface area contributed by atoms with Gasteiger partial charge in [0.25, 0.3) is 0 Å². The zero-order valence-electron chi connectivity index (χ0n) is 15.8. The van der Waals surface area contributed by atoms with Crippen LogP contribution in [0.4, 0.5) is 0 Å². The number of para-hydroxylation sites is 2. The average molecular weight is 384 g/mol. The van der Waals surface area contributed by atoms with Gasteiger partial charge >= 0.3 is 5.97 Å². The Bertz CT molecular complexity index is 1110. The van der Waals surface area contributed by atoms with Crippen LogP contribution in [0.3, 0.4) is 0 Å². The van der Waals surface area contributed by atoms with Crippen molar-refractivity contribution in [1.82, 2.24) is 0 Å². The van der Waals surface area contributed by atoms with Crippen molar-refractivity contribution >= 4 is 16.7 Å². The summed E-state index contributed by atoms with van der Waals surface area (Å²) in [7, 11) is 0. The van der Waals surface area contributed by atoms with Gasteiger partial charge in [0.1, 0.15) is 36.0 Å². The fraction of sp³-hybridized carbons (Fsp3) is 0.0800. The topological polar surface area (TPSA) is 44.8 Å². The maximum atomic E-state index is 12.7. The molecule has 0 N–H and O–H groups in total. The molecule has 0 aliphatic carbocycles. The highest BCUT2D eigenvalue weighted by Gasteiger charge is 2.15. The number of rotatable bonds is 7. The Hall–Kier alpha value is -3.79. The fourth-order valence-corrected chi connectivity index (χ4v) is 2.98. The predicted molar refractivity (Wildman–Crippen MR) is 113 cm³/mol. The first-order valence-electron chi connectivity index (χ1n) is 9.40. The van der Waals surface area contributed by atoms with Crippen LogP contribution in [0.5, 0.6) is 17.2 Å². The molecule has 0 radical (unpaired) electrons. The molecule has 4 aromatic carbocycles. The fourth-order valence-electron chi connectivity index (χ4n) is 2.98. The minimum absolute atomic E-state index is 0.315. The molecule has 0 aliphatic rings. The van der Waals surface area contributed by atoms with E-state index in [-0.39, 0.29) is 0 Å². The molecule has 0 bridgehead atoms. The van der Waals surface area contributed by atoms with Crippen molar-refractivity contribution in [3.05, 3.63) is 103 Å². The van der Waals surface area contributed by atoms with E-state index < -0.39 is 5.97 Å². The van der Waals surface area contributed by atoms with Gasteiger partial charge in [-0.25, -0.2) is 4.79 Å². The second-order valence-corrected chi connectivity index (χ2v) is 6.40. The third-order valence-electron chi connectivity index (χ3n) is 4.39. The molecule has 4 rings (SSSR count). The highest BCUT2D eigenvalue weighted by molar-refractivity contribution is 5.94. The summed E-state index contributed by atoms with van der Waals surface area (Å²) in [4.78, 5) is 12.7. The zero-order chi connectivity index (χ0) is 19.9. The smallest absolute Gasteiger partial charge is 0.347 e. The number of esters is 1. The molecule has 0 atom stereocenters. The largest absolute Gasteiger partial charge is 0.490 e. The first-order chi connectivity index (χ1) is 14.3. The van der Waals surface area contributed by atoms with Gasteiger partial charge < -0.3 is 14.2 Å². The van der Waals surface area contributed by atoms with E-state index in [1.807, 2.05) is 72.8 Å². The summed E-state index contributed by atoms with van der Waals surface area (Å²) in [6, 6.07) is 30.1. The number of carbonyl (C=O) groups is 1. The molecule has 144 valence electrons. The third-order valence-corrected chi connectivity index (χ3v) is 4.39. The second kappa shape index (κ2) is 8.93. The molecule has 0 saturated carbocycles. The van der Waals surface area contributed by atoms with Crippen molar-refractivity contribution in [1.29, 1.82) is 0 Å². The number of ether oxygens (including phenoxy) is 3. The normalized spacial score (nSPS) is 10.5. The molecule has 0 fully saturated rings. The first-order valence-corrected chi connectivity index (χ1v) is 9.40. The third kappa shape index (κ3) is 4.74. The molecule has 0 aliphatic heterocycles. The van der Waals surface area contributed by atoms with Gasteiger partial charge in [0.15, 0.2) is 0 Å². The number of fused-ring (bicyclic) bond motifs is 1. The minimum Gasteiger partial charge on any atom is -0.490 e. The zero-order valence-corrected chi connectivity index (χ0v) is 15.8. The standard InChI is InChI=1S/C25H20O4/c26-25(29-22-15-14-19-8-4-5-9-20(19)18-22)23-12-6-7-13-24(23)28-17-16-27-21-10-2-1-3-11-21/h1-15,18H,16-17H2. The van der Waals surface area contributed by atoms with Crippen LogP contribution < -0.4 is 14.2 Å². The van der Waals surface area contributed by atoms with E-state index in [2.05, 4.69) is 0 Å². The Balaban J connectivity index is 1.40. The lowest BCUT2D eigenvalue weighted by Crippen LogP contribution is -2.14. The van der Waals surface area contributed by atoms with E-state index in [0.29, 0.717) is 30.3 Å². The first kappa shape index (κ1) is 18.6. The maximum Gasteiger partial charge on any atom is 0.347 e. The molecule has 0 heterocycles. The van der Waals surface area contributed by atoms with Crippen LogP contribution in [-0.4, -0.2) is 19.2 Å². The van der Waals surface area contributed by atoms with Crippen LogP contribution in [0.1, 0.15) is 10.4 Å². The van der Waals surface area contributed by atoms with Gasteiger partial charge in [0, 0.05) is 0 Å². The minimum atomic E-state index is -0.458. The number of hydrogen-bond donors (Lipinski definition) is 0. The van der Waals surface area contributed by atoms with Crippen LogP contribution in [0.25, 0.3) is 10.8 Å². The Morgan fingerprint density at radius 2 is 1.31 bits per heavy atom. The van der Waals surface area contributed by atoms with Crippen LogP contribution in [0.2, 0.25) is 0 Å². The maximum absolute atomic E-state index is 12.7. The molecule has 0 aromatic heterocycles. The highest BCUT2D eigenvalue weighted by atomic mass is 16.5. The van der Waals surface area contributed by atoms with Crippen molar-refractivity contribution in [3.63, 3.8) is 0 Å². The number of carbonyl (C=O) groups excluding carboxylic acids is 1. The van der Waals surface area contributed by atoms with E-state index in [4.69, 9.17) is 14.2 Å². The van der Waals surface area contributed by atoms with E-state index in [9.17, 15) is 4.79 Å².